The summed E-state index contributed by atoms with van der Waals surface area (Å²) in [6.45, 7) is 2.60. The monoisotopic (exact) mass is 470 g/mol. The third-order valence-electron chi connectivity index (χ3n) is 4.81. The molecule has 7 nitrogen and oxygen atoms in total. The molecular weight excluding hydrogens is 448 g/mol. The topological polar surface area (TPSA) is 101 Å². The van der Waals surface area contributed by atoms with E-state index in [9.17, 15) is 21.6 Å². The van der Waals surface area contributed by atoms with Crippen LogP contribution in [0.4, 0.5) is 5.69 Å². The van der Waals surface area contributed by atoms with Crippen LogP contribution in [0, 0.1) is 0 Å². The van der Waals surface area contributed by atoms with Gasteiger partial charge in [-0.3, -0.25) is 4.79 Å². The smallest absolute Gasteiger partial charge is 0.256 e. The molecule has 0 saturated carbocycles. The Kier molecular flexibility index (Phi) is 6.86. The number of rotatable bonds is 7. The summed E-state index contributed by atoms with van der Waals surface area (Å²) < 4.78 is 52.1. The molecule has 0 radical (unpaired) electrons. The lowest BCUT2D eigenvalue weighted by Gasteiger charge is -2.17. The summed E-state index contributed by atoms with van der Waals surface area (Å²) in [5.74, 6) is -0.715. The number of carbonyl (C=O) groups excluding carboxylic acids is 1. The Morgan fingerprint density at radius 1 is 1.03 bits per heavy atom. The molecule has 0 unspecified atom stereocenters. The fourth-order valence-electron chi connectivity index (χ4n) is 3.35. The van der Waals surface area contributed by atoms with Crippen molar-refractivity contribution in [1.82, 2.24) is 4.31 Å². The normalized spacial score (nSPS) is 15.3. The highest BCUT2D eigenvalue weighted by molar-refractivity contribution is 7.91. The second-order valence-corrected chi connectivity index (χ2v) is 11.4. The Morgan fingerprint density at radius 2 is 1.70 bits per heavy atom. The maximum absolute atomic E-state index is 12.9. The van der Waals surface area contributed by atoms with Gasteiger partial charge in [-0.1, -0.05) is 30.7 Å². The largest absolute Gasteiger partial charge is 0.322 e. The Labute approximate surface area is 182 Å². The fraction of sp³-hybridized carbons (Fsp3) is 0.350. The van der Waals surface area contributed by atoms with E-state index in [1.165, 1.54) is 34.6 Å². The van der Waals surface area contributed by atoms with E-state index in [1.807, 2.05) is 0 Å². The predicted molar refractivity (Wildman–Crippen MR) is 116 cm³/mol. The third kappa shape index (κ3) is 4.69. The highest BCUT2D eigenvalue weighted by Crippen LogP contribution is 2.30. The molecule has 1 heterocycles. The van der Waals surface area contributed by atoms with Gasteiger partial charge >= 0.3 is 0 Å². The van der Waals surface area contributed by atoms with Gasteiger partial charge in [0.25, 0.3) is 5.91 Å². The molecule has 3 rings (SSSR count). The van der Waals surface area contributed by atoms with E-state index in [0.29, 0.717) is 19.5 Å². The third-order valence-corrected chi connectivity index (χ3v) is 9.16. The van der Waals surface area contributed by atoms with Gasteiger partial charge in [0.2, 0.25) is 10.0 Å². The lowest BCUT2D eigenvalue weighted by Crippen LogP contribution is -2.28. The van der Waals surface area contributed by atoms with Gasteiger partial charge in [-0.25, -0.2) is 16.8 Å². The molecule has 0 spiro atoms. The van der Waals surface area contributed by atoms with E-state index in [2.05, 4.69) is 5.32 Å². The molecule has 1 fully saturated rings. The summed E-state index contributed by atoms with van der Waals surface area (Å²) in [5, 5.41) is 2.66. The SMILES string of the molecule is CCCS(=O)(=O)c1ccccc1C(=O)Nc1ccc(Cl)c(S(=O)(=O)N2CCCC2)c1. The summed E-state index contributed by atoms with van der Waals surface area (Å²) in [6.07, 6.45) is 2.00. The number of hydrogen-bond acceptors (Lipinski definition) is 5. The minimum absolute atomic E-state index is 0.00449. The average molecular weight is 471 g/mol. The average Bonchev–Trinajstić information content (AvgIpc) is 3.25. The highest BCUT2D eigenvalue weighted by Gasteiger charge is 2.29. The number of nitrogens with one attached hydrogen (secondary N) is 1. The molecule has 2 aromatic carbocycles. The van der Waals surface area contributed by atoms with Crippen LogP contribution in [0.15, 0.2) is 52.3 Å². The van der Waals surface area contributed by atoms with Crippen molar-refractivity contribution in [2.24, 2.45) is 0 Å². The van der Waals surface area contributed by atoms with Crippen molar-refractivity contribution in [3.05, 3.63) is 53.1 Å². The number of carbonyl (C=O) groups is 1. The zero-order valence-electron chi connectivity index (χ0n) is 16.5. The molecule has 1 amide bonds. The van der Waals surface area contributed by atoms with Crippen LogP contribution >= 0.6 is 11.6 Å². The first-order valence-corrected chi connectivity index (χ1v) is 13.1. The van der Waals surface area contributed by atoms with E-state index >= 15 is 0 Å². The van der Waals surface area contributed by atoms with Gasteiger partial charge in [0.15, 0.2) is 9.84 Å². The zero-order valence-corrected chi connectivity index (χ0v) is 18.9. The first kappa shape index (κ1) is 22.7. The quantitative estimate of drug-likeness (QED) is 0.666. The number of amides is 1. The van der Waals surface area contributed by atoms with Gasteiger partial charge in [-0.15, -0.1) is 0 Å². The number of sulfonamides is 1. The minimum atomic E-state index is -3.78. The van der Waals surface area contributed by atoms with Crippen LogP contribution in [-0.4, -0.2) is 45.9 Å². The van der Waals surface area contributed by atoms with Crippen molar-refractivity contribution in [3.63, 3.8) is 0 Å². The zero-order chi connectivity index (χ0) is 21.9. The number of sulfone groups is 1. The van der Waals surface area contributed by atoms with Gasteiger partial charge < -0.3 is 5.32 Å². The Balaban J connectivity index is 1.93. The van der Waals surface area contributed by atoms with Crippen LogP contribution < -0.4 is 5.32 Å². The molecule has 0 aromatic heterocycles. The summed E-state index contributed by atoms with van der Waals surface area (Å²) in [5.41, 5.74) is 0.217. The van der Waals surface area contributed by atoms with Crippen LogP contribution in [0.2, 0.25) is 5.02 Å². The van der Waals surface area contributed by atoms with E-state index in [4.69, 9.17) is 11.6 Å². The van der Waals surface area contributed by atoms with Gasteiger partial charge in [0, 0.05) is 18.8 Å². The molecule has 0 atom stereocenters. The standard InChI is InChI=1S/C20H23ClN2O5S2/c1-2-13-29(25,26)18-8-4-3-7-16(18)20(24)22-15-9-10-17(21)19(14-15)30(27,28)23-11-5-6-12-23/h3-4,7-10,14H,2,5-6,11-13H2,1H3,(H,22,24). The molecule has 2 aromatic rings. The molecule has 30 heavy (non-hydrogen) atoms. The van der Waals surface area contributed by atoms with Gasteiger partial charge in [-0.05, 0) is 49.6 Å². The first-order valence-electron chi connectivity index (χ1n) is 9.59. The van der Waals surface area contributed by atoms with Crippen molar-refractivity contribution < 1.29 is 21.6 Å². The number of nitrogens with zero attached hydrogens (tertiary/aromatic N) is 1. The lowest BCUT2D eigenvalue weighted by molar-refractivity contribution is 0.102. The summed E-state index contributed by atoms with van der Waals surface area (Å²) >= 11 is 6.13. The van der Waals surface area contributed by atoms with Crippen molar-refractivity contribution in [2.75, 3.05) is 24.2 Å². The number of benzene rings is 2. The van der Waals surface area contributed by atoms with Crippen LogP contribution in [0.5, 0.6) is 0 Å². The first-order chi connectivity index (χ1) is 14.2. The van der Waals surface area contributed by atoms with Crippen LogP contribution in [0.1, 0.15) is 36.5 Å². The molecule has 10 heteroatoms. The molecule has 162 valence electrons. The Hall–Kier alpha value is -1.94. The Morgan fingerprint density at radius 3 is 2.37 bits per heavy atom. The lowest BCUT2D eigenvalue weighted by atomic mass is 10.2. The van der Waals surface area contributed by atoms with Crippen LogP contribution in [0.25, 0.3) is 0 Å². The predicted octanol–water partition coefficient (Wildman–Crippen LogP) is 3.56. The highest BCUT2D eigenvalue weighted by atomic mass is 35.5. The second-order valence-electron chi connectivity index (χ2n) is 7.03. The summed E-state index contributed by atoms with van der Waals surface area (Å²) in [7, 11) is -7.39. The van der Waals surface area contributed by atoms with E-state index in [0.717, 1.165) is 12.8 Å². The van der Waals surface area contributed by atoms with Gasteiger partial charge in [0.05, 0.1) is 21.2 Å². The molecular formula is C20H23ClN2O5S2. The fourth-order valence-corrected chi connectivity index (χ4v) is 6.91. The van der Waals surface area contributed by atoms with E-state index in [1.54, 1.807) is 19.1 Å². The van der Waals surface area contributed by atoms with Crippen molar-refractivity contribution in [1.29, 1.82) is 0 Å². The molecule has 1 N–H and O–H groups in total. The molecule has 1 aliphatic rings. The van der Waals surface area contributed by atoms with Crippen molar-refractivity contribution in [2.45, 2.75) is 36.0 Å². The maximum atomic E-state index is 12.9. The van der Waals surface area contributed by atoms with Gasteiger partial charge in [0.1, 0.15) is 4.90 Å². The molecule has 1 saturated heterocycles. The van der Waals surface area contributed by atoms with Gasteiger partial charge in [-0.2, -0.15) is 4.31 Å². The maximum Gasteiger partial charge on any atom is 0.256 e. The van der Waals surface area contributed by atoms with Crippen molar-refractivity contribution >= 4 is 43.1 Å². The minimum Gasteiger partial charge on any atom is -0.322 e. The molecule has 0 bridgehead atoms. The Bertz CT molecular complexity index is 1160. The number of anilines is 1. The summed E-state index contributed by atoms with van der Waals surface area (Å²) in [6, 6.07) is 10.1. The second kappa shape index (κ2) is 9.05. The van der Waals surface area contributed by atoms with Crippen LogP contribution in [-0.2, 0) is 19.9 Å². The molecule has 1 aliphatic heterocycles. The number of halogens is 1. The molecule has 0 aliphatic carbocycles. The summed E-state index contributed by atoms with van der Waals surface area (Å²) in [4.78, 5) is 12.7. The van der Waals surface area contributed by atoms with Crippen molar-refractivity contribution in [3.8, 4) is 0 Å². The van der Waals surface area contributed by atoms with E-state index < -0.39 is 25.8 Å². The van der Waals surface area contributed by atoms with Crippen LogP contribution in [0.3, 0.4) is 0 Å². The number of hydrogen-bond donors (Lipinski definition) is 1. The van der Waals surface area contributed by atoms with E-state index in [-0.39, 0.29) is 31.8 Å².